The van der Waals surface area contributed by atoms with Crippen LogP contribution in [-0.4, -0.2) is 16.0 Å². The van der Waals surface area contributed by atoms with E-state index in [0.29, 0.717) is 6.54 Å². The molecule has 0 radical (unpaired) electrons. The minimum absolute atomic E-state index is 0.130. The van der Waals surface area contributed by atoms with Gasteiger partial charge in [-0.2, -0.15) is 9.67 Å². The fraction of sp³-hybridized carbons (Fsp3) is 0.174. The van der Waals surface area contributed by atoms with Crippen LogP contribution in [0, 0.1) is 6.92 Å². The maximum Gasteiger partial charge on any atom is 0.237 e. The fourth-order valence-electron chi connectivity index (χ4n) is 3.16. The summed E-state index contributed by atoms with van der Waals surface area (Å²) in [6.07, 6.45) is 5.80. The Kier molecular flexibility index (Phi) is 5.44. The van der Waals surface area contributed by atoms with Crippen LogP contribution in [-0.2, 0) is 19.4 Å². The van der Waals surface area contributed by atoms with Gasteiger partial charge in [0, 0.05) is 16.6 Å². The summed E-state index contributed by atoms with van der Waals surface area (Å²) in [6.45, 7) is 2.35. The number of Topliss-reactive ketones (excluding diaryl/α,β-unsaturated/α-hetero) is 1. The average molecular weight is 389 g/mol. The van der Waals surface area contributed by atoms with Crippen LogP contribution in [0.25, 0.3) is 11.3 Å². The number of aromatic nitrogens is 3. The fourth-order valence-corrected chi connectivity index (χ4v) is 3.96. The SMILES string of the molecule is Cc1ccc(C(=O)C[n+]2cccc(-c3cc(CCc4ccccc4)[nH]n3)c2)s1. The second-order valence-corrected chi connectivity index (χ2v) is 8.15. The van der Waals surface area contributed by atoms with Crippen LogP contribution in [0.4, 0.5) is 0 Å². The zero-order valence-electron chi connectivity index (χ0n) is 15.8. The lowest BCUT2D eigenvalue weighted by Gasteiger charge is -1.99. The van der Waals surface area contributed by atoms with Gasteiger partial charge in [0.25, 0.3) is 0 Å². The van der Waals surface area contributed by atoms with Crippen LogP contribution in [0.5, 0.6) is 0 Å². The molecule has 0 atom stereocenters. The molecule has 4 aromatic rings. The molecular weight excluding hydrogens is 366 g/mol. The number of benzene rings is 1. The highest BCUT2D eigenvalue weighted by Gasteiger charge is 2.15. The molecule has 0 aliphatic rings. The Labute approximate surface area is 168 Å². The number of thiophene rings is 1. The number of ketones is 1. The third-order valence-electron chi connectivity index (χ3n) is 4.65. The van der Waals surface area contributed by atoms with Crippen molar-refractivity contribution in [1.82, 2.24) is 10.2 Å². The highest BCUT2D eigenvalue weighted by Crippen LogP contribution is 2.18. The van der Waals surface area contributed by atoms with Gasteiger partial charge in [-0.1, -0.05) is 30.3 Å². The Morgan fingerprint density at radius 3 is 2.71 bits per heavy atom. The number of pyridine rings is 1. The first-order valence-electron chi connectivity index (χ1n) is 9.35. The lowest BCUT2D eigenvalue weighted by molar-refractivity contribution is -0.682. The number of hydrogen-bond donors (Lipinski definition) is 1. The summed E-state index contributed by atoms with van der Waals surface area (Å²) in [7, 11) is 0. The van der Waals surface area contributed by atoms with E-state index in [1.54, 1.807) is 11.3 Å². The highest BCUT2D eigenvalue weighted by molar-refractivity contribution is 7.13. The van der Waals surface area contributed by atoms with Crippen molar-refractivity contribution in [2.24, 2.45) is 0 Å². The van der Waals surface area contributed by atoms with Gasteiger partial charge in [-0.15, -0.1) is 11.3 Å². The monoisotopic (exact) mass is 388 g/mol. The molecule has 3 aromatic heterocycles. The topological polar surface area (TPSA) is 49.6 Å². The Morgan fingerprint density at radius 1 is 1.07 bits per heavy atom. The molecule has 0 unspecified atom stereocenters. The quantitative estimate of drug-likeness (QED) is 0.377. The number of hydrogen-bond acceptors (Lipinski definition) is 3. The largest absolute Gasteiger partial charge is 0.286 e. The summed E-state index contributed by atoms with van der Waals surface area (Å²) >= 11 is 1.54. The van der Waals surface area contributed by atoms with Crippen LogP contribution in [0.15, 0.2) is 73.1 Å². The standard InChI is InChI=1S/C23H22N3OS/c1-17-9-12-23(28-17)22(27)16-26-13-5-8-19(15-26)21-14-20(24-25-21)11-10-18-6-3-2-4-7-18/h2-9,12-15H,10-11,16H2,1H3,(H,24,25)/q+1. The predicted molar refractivity (Wildman–Crippen MR) is 111 cm³/mol. The summed E-state index contributed by atoms with van der Waals surface area (Å²) in [5.74, 6) is 0.130. The van der Waals surface area contributed by atoms with Crippen molar-refractivity contribution in [2.45, 2.75) is 26.3 Å². The van der Waals surface area contributed by atoms with E-state index >= 15 is 0 Å². The molecule has 0 bridgehead atoms. The van der Waals surface area contributed by atoms with Crippen molar-refractivity contribution in [2.75, 3.05) is 0 Å². The van der Waals surface area contributed by atoms with Crippen molar-refractivity contribution in [3.8, 4) is 11.3 Å². The molecule has 5 heteroatoms. The van der Waals surface area contributed by atoms with E-state index in [1.807, 2.05) is 54.2 Å². The van der Waals surface area contributed by atoms with Gasteiger partial charge < -0.3 is 0 Å². The maximum atomic E-state index is 12.5. The number of rotatable bonds is 7. The Morgan fingerprint density at radius 2 is 1.93 bits per heavy atom. The van der Waals surface area contributed by atoms with Crippen molar-refractivity contribution in [3.05, 3.63) is 94.1 Å². The van der Waals surface area contributed by atoms with E-state index < -0.39 is 0 Å². The summed E-state index contributed by atoms with van der Waals surface area (Å²) < 4.78 is 1.92. The summed E-state index contributed by atoms with van der Waals surface area (Å²) in [5.41, 5.74) is 4.33. The van der Waals surface area contributed by atoms with Crippen LogP contribution < -0.4 is 4.57 Å². The summed E-state index contributed by atoms with van der Waals surface area (Å²) in [5, 5.41) is 7.60. The second-order valence-electron chi connectivity index (χ2n) is 6.86. The maximum absolute atomic E-state index is 12.5. The zero-order valence-corrected chi connectivity index (χ0v) is 16.6. The van der Waals surface area contributed by atoms with Gasteiger partial charge in [0.05, 0.1) is 16.1 Å². The van der Waals surface area contributed by atoms with Gasteiger partial charge in [-0.25, -0.2) is 0 Å². The molecular formula is C23H22N3OS+. The average Bonchev–Trinajstić information content (AvgIpc) is 3.37. The molecule has 140 valence electrons. The molecule has 3 heterocycles. The number of aryl methyl sites for hydroxylation is 3. The molecule has 1 aromatic carbocycles. The van der Waals surface area contributed by atoms with Gasteiger partial charge in [0.15, 0.2) is 12.4 Å². The first-order valence-corrected chi connectivity index (χ1v) is 10.2. The van der Waals surface area contributed by atoms with E-state index in [4.69, 9.17) is 0 Å². The first kappa shape index (κ1) is 18.3. The van der Waals surface area contributed by atoms with Crippen LogP contribution in [0.3, 0.4) is 0 Å². The summed E-state index contributed by atoms with van der Waals surface area (Å²) in [6, 6.07) is 20.4. The molecule has 0 spiro atoms. The third-order valence-corrected chi connectivity index (χ3v) is 5.69. The van der Waals surface area contributed by atoms with Gasteiger partial charge in [0.1, 0.15) is 0 Å². The van der Waals surface area contributed by atoms with Gasteiger partial charge in [-0.05, 0) is 49.6 Å². The highest BCUT2D eigenvalue weighted by atomic mass is 32.1. The number of H-pyrrole nitrogens is 1. The van der Waals surface area contributed by atoms with Crippen LogP contribution in [0.2, 0.25) is 0 Å². The lowest BCUT2D eigenvalue weighted by Crippen LogP contribution is -2.37. The number of nitrogens with zero attached hydrogens (tertiary/aromatic N) is 2. The van der Waals surface area contributed by atoms with Gasteiger partial charge in [-0.3, -0.25) is 9.89 Å². The first-order chi connectivity index (χ1) is 13.7. The van der Waals surface area contributed by atoms with E-state index in [9.17, 15) is 4.79 Å². The Hall–Kier alpha value is -3.05. The Bertz CT molecular complexity index is 1080. The minimum atomic E-state index is 0.130. The Balaban J connectivity index is 1.44. The van der Waals surface area contributed by atoms with Crippen molar-refractivity contribution in [1.29, 1.82) is 0 Å². The van der Waals surface area contributed by atoms with E-state index in [0.717, 1.165) is 39.5 Å². The van der Waals surface area contributed by atoms with Crippen molar-refractivity contribution in [3.63, 3.8) is 0 Å². The number of aromatic amines is 1. The van der Waals surface area contributed by atoms with E-state index in [2.05, 4.69) is 40.5 Å². The smallest absolute Gasteiger partial charge is 0.237 e. The number of carbonyl (C=O) groups excluding carboxylic acids is 1. The van der Waals surface area contributed by atoms with E-state index in [1.165, 1.54) is 5.56 Å². The van der Waals surface area contributed by atoms with Crippen molar-refractivity contribution >= 4 is 17.1 Å². The van der Waals surface area contributed by atoms with Crippen LogP contribution in [0.1, 0.15) is 25.8 Å². The number of carbonyl (C=O) groups is 1. The normalized spacial score (nSPS) is 10.9. The molecule has 0 aliphatic carbocycles. The zero-order chi connectivity index (χ0) is 19.3. The molecule has 0 saturated heterocycles. The van der Waals surface area contributed by atoms with Gasteiger partial charge >= 0.3 is 0 Å². The third kappa shape index (κ3) is 4.43. The molecule has 0 aliphatic heterocycles. The predicted octanol–water partition coefficient (Wildman–Crippen LogP) is 4.40. The molecule has 0 saturated carbocycles. The van der Waals surface area contributed by atoms with E-state index in [-0.39, 0.29) is 5.78 Å². The molecule has 0 fully saturated rings. The molecule has 1 N–H and O–H groups in total. The van der Waals surface area contributed by atoms with Gasteiger partial charge in [0.2, 0.25) is 12.3 Å². The number of nitrogens with one attached hydrogen (secondary N) is 1. The minimum Gasteiger partial charge on any atom is -0.286 e. The summed E-state index contributed by atoms with van der Waals surface area (Å²) in [4.78, 5) is 14.4. The molecule has 28 heavy (non-hydrogen) atoms. The second kappa shape index (κ2) is 8.31. The molecule has 4 nitrogen and oxygen atoms in total. The molecule has 0 amide bonds. The molecule has 4 rings (SSSR count). The van der Waals surface area contributed by atoms with Crippen LogP contribution >= 0.6 is 11.3 Å². The lowest BCUT2D eigenvalue weighted by atomic mass is 10.1. The van der Waals surface area contributed by atoms with Crippen molar-refractivity contribution < 1.29 is 9.36 Å².